The Labute approximate surface area is 229 Å². The Morgan fingerprint density at radius 1 is 0.735 bits per heavy atom. The first-order valence-electron chi connectivity index (χ1n) is 10.5. The van der Waals surface area contributed by atoms with Gasteiger partial charge < -0.3 is 34.3 Å². The van der Waals surface area contributed by atoms with Crippen molar-refractivity contribution in [2.45, 2.75) is 13.8 Å². The van der Waals surface area contributed by atoms with Crippen LogP contribution in [-0.2, 0) is 24.2 Å². The molecule has 0 aliphatic carbocycles. The number of ether oxygens (including phenoxy) is 2. The average molecular weight is 571 g/mol. The van der Waals surface area contributed by atoms with Crippen molar-refractivity contribution in [2.24, 2.45) is 0 Å². The number of rotatable bonds is 3. The molecule has 5 aromatic rings. The van der Waals surface area contributed by atoms with Crippen LogP contribution in [-0.4, -0.2) is 17.4 Å². The van der Waals surface area contributed by atoms with Crippen LogP contribution in [0.2, 0.25) is 0 Å². The van der Waals surface area contributed by atoms with Gasteiger partial charge in [-0.2, -0.15) is 18.2 Å². The third-order valence-corrected chi connectivity index (χ3v) is 4.91. The van der Waals surface area contributed by atoms with Crippen molar-refractivity contribution in [2.75, 3.05) is 14.2 Å². The van der Waals surface area contributed by atoms with Crippen LogP contribution in [0.3, 0.4) is 0 Å². The number of fused-ring (bicyclic) bond motifs is 3. The van der Waals surface area contributed by atoms with Crippen LogP contribution < -0.4 is 34.3 Å². The van der Waals surface area contributed by atoms with Crippen molar-refractivity contribution < 1.29 is 58.5 Å². The van der Waals surface area contributed by atoms with Gasteiger partial charge in [-0.1, -0.05) is 48.0 Å². The molecule has 2 nitrogen and oxygen atoms in total. The van der Waals surface area contributed by atoms with E-state index >= 15 is 0 Å². The molecule has 0 aliphatic rings. The molecule has 0 fully saturated rings. The van der Waals surface area contributed by atoms with Gasteiger partial charge in [0.2, 0.25) is 0 Å². The van der Waals surface area contributed by atoms with Crippen molar-refractivity contribution in [3.63, 3.8) is 0 Å². The quantitative estimate of drug-likeness (QED) is 0.307. The molecule has 0 saturated heterocycles. The maximum Gasteiger partial charge on any atom is -0.0771 e. The summed E-state index contributed by atoms with van der Waals surface area (Å²) in [4.78, 5) is 0. The van der Waals surface area contributed by atoms with Gasteiger partial charge >= 0.3 is 41.3 Å². The minimum atomic E-state index is 0. The Kier molecular flexibility index (Phi) is 13.1. The zero-order chi connectivity index (χ0) is 22.9. The molecule has 0 atom stereocenters. The molecule has 5 aromatic carbocycles. The summed E-state index contributed by atoms with van der Waals surface area (Å²) in [5, 5.41) is 5.39. The van der Waals surface area contributed by atoms with E-state index in [0.29, 0.717) is 0 Å². The standard InChI is InChI=1S/C13H13O2.C13H9.C3H6.2ClH.Zr/c1-14-11-7-8-12(13(9-11)15-2)10-5-3-4-6-10;1-3-7-12-10(5-1)9-11-6-2-4-8-13(11)12;1-3-2;;;/h3-9H,1-2H3;1-9H;1-2H3;2*1H;/q2*-1;;;;+2/p-2. The van der Waals surface area contributed by atoms with Crippen LogP contribution in [0, 0.1) is 0 Å². The van der Waals surface area contributed by atoms with Crippen LogP contribution in [0.5, 0.6) is 11.5 Å². The molecule has 0 spiro atoms. The van der Waals surface area contributed by atoms with E-state index in [2.05, 4.69) is 80.6 Å². The van der Waals surface area contributed by atoms with Gasteiger partial charge in [0.15, 0.2) is 0 Å². The van der Waals surface area contributed by atoms with Crippen LogP contribution >= 0.6 is 0 Å². The summed E-state index contributed by atoms with van der Waals surface area (Å²) in [5.41, 5.74) is 2.25. The predicted octanol–water partition coefficient (Wildman–Crippen LogP) is 1.56. The van der Waals surface area contributed by atoms with Crippen molar-refractivity contribution in [3.05, 3.63) is 97.1 Å². The van der Waals surface area contributed by atoms with E-state index in [0.717, 1.165) is 22.6 Å². The van der Waals surface area contributed by atoms with E-state index in [1.807, 2.05) is 30.3 Å². The van der Waals surface area contributed by atoms with Gasteiger partial charge in [0, 0.05) is 6.07 Å². The molecule has 0 N–H and O–H groups in total. The summed E-state index contributed by atoms with van der Waals surface area (Å²) in [7, 11) is 3.32. The topological polar surface area (TPSA) is 18.5 Å². The average Bonchev–Trinajstić information content (AvgIpc) is 3.47. The summed E-state index contributed by atoms with van der Waals surface area (Å²) >= 11 is 1.55. The molecule has 0 aliphatic heterocycles. The number of benzene rings is 3. The number of halogens is 2. The second-order valence-corrected chi connectivity index (χ2v) is 10.0. The molecule has 0 saturated carbocycles. The largest absolute Gasteiger partial charge is 1.00 e. The smallest absolute Gasteiger partial charge is 0.0771 e. The van der Waals surface area contributed by atoms with Crippen molar-refractivity contribution in [3.8, 4) is 22.6 Å². The fourth-order valence-electron chi connectivity index (χ4n) is 3.49. The van der Waals surface area contributed by atoms with Crippen LogP contribution in [0.15, 0.2) is 97.1 Å². The Morgan fingerprint density at radius 3 is 1.76 bits per heavy atom. The van der Waals surface area contributed by atoms with Gasteiger partial charge in [0.05, 0.1) is 20.0 Å². The van der Waals surface area contributed by atoms with E-state index in [4.69, 9.17) is 9.47 Å². The van der Waals surface area contributed by atoms with E-state index in [1.165, 1.54) is 24.8 Å². The third kappa shape index (κ3) is 7.95. The van der Waals surface area contributed by atoms with Gasteiger partial charge in [-0.3, -0.25) is 0 Å². The van der Waals surface area contributed by atoms with Gasteiger partial charge in [-0.15, -0.1) is 51.4 Å². The summed E-state index contributed by atoms with van der Waals surface area (Å²) in [6.45, 7) is 4.25. The normalized spacial score (nSPS) is 9.47. The Balaban J connectivity index is 0.000000282. The summed E-state index contributed by atoms with van der Waals surface area (Å²) in [5.74, 6) is 1.64. The maximum atomic E-state index is 5.33. The molecule has 0 unspecified atom stereocenters. The molecule has 0 radical (unpaired) electrons. The fraction of sp³-hybridized carbons (Fsp3) is 0.138. The molecule has 176 valence electrons. The van der Waals surface area contributed by atoms with Crippen molar-refractivity contribution in [1.82, 2.24) is 0 Å². The first kappa shape index (κ1) is 29.8. The maximum absolute atomic E-state index is 5.33. The molecular weight excluding hydrogens is 542 g/mol. The van der Waals surface area contributed by atoms with E-state index in [1.54, 1.807) is 38.5 Å². The molecule has 5 heteroatoms. The van der Waals surface area contributed by atoms with Crippen LogP contribution in [0.1, 0.15) is 13.8 Å². The monoisotopic (exact) mass is 568 g/mol. The minimum Gasteiger partial charge on any atom is -1.00 e. The molecule has 0 aromatic heterocycles. The molecular formula is C29H28Cl2O2Zr-2. The SMILES string of the molecule is COc1ccc(-c2ccc[cH-]2)c(OC)c1.C[C](C)=[Zr+2].[Cl-].[Cl-].c1ccc2c(c1)[cH-]c1ccccc12. The van der Waals surface area contributed by atoms with Gasteiger partial charge in [0.25, 0.3) is 0 Å². The fourth-order valence-corrected chi connectivity index (χ4v) is 3.49. The van der Waals surface area contributed by atoms with Crippen molar-refractivity contribution >= 4 is 24.8 Å². The van der Waals surface area contributed by atoms with Crippen LogP contribution in [0.4, 0.5) is 0 Å². The number of methoxy groups -OCH3 is 2. The molecule has 0 amide bonds. The number of hydrogen-bond donors (Lipinski definition) is 0. The zero-order valence-electron chi connectivity index (χ0n) is 19.8. The van der Waals surface area contributed by atoms with Gasteiger partial charge in [0.1, 0.15) is 5.75 Å². The second kappa shape index (κ2) is 14.9. The summed E-state index contributed by atoms with van der Waals surface area (Å²) in [6.07, 6.45) is 0. The van der Waals surface area contributed by atoms with E-state index in [9.17, 15) is 0 Å². The Hall–Kier alpha value is -2.19. The second-order valence-electron chi connectivity index (χ2n) is 7.56. The third-order valence-electron chi connectivity index (χ3n) is 4.91. The molecule has 0 heterocycles. The van der Waals surface area contributed by atoms with E-state index < -0.39 is 0 Å². The van der Waals surface area contributed by atoms with Crippen molar-refractivity contribution in [1.29, 1.82) is 0 Å². The van der Waals surface area contributed by atoms with Gasteiger partial charge in [-0.25, -0.2) is 0 Å². The predicted molar refractivity (Wildman–Crippen MR) is 134 cm³/mol. The van der Waals surface area contributed by atoms with Crippen LogP contribution in [0.25, 0.3) is 32.7 Å². The Bertz CT molecular complexity index is 1240. The van der Waals surface area contributed by atoms with E-state index in [-0.39, 0.29) is 24.8 Å². The zero-order valence-corrected chi connectivity index (χ0v) is 23.8. The summed E-state index contributed by atoms with van der Waals surface area (Å²) < 4.78 is 12.0. The summed E-state index contributed by atoms with van der Waals surface area (Å²) in [6, 6.07) is 33.3. The first-order valence-corrected chi connectivity index (χ1v) is 11.8. The number of hydrogen-bond acceptors (Lipinski definition) is 2. The first-order chi connectivity index (χ1) is 15.5. The van der Waals surface area contributed by atoms with Gasteiger partial charge in [-0.05, 0) is 6.07 Å². The minimum absolute atomic E-state index is 0. The molecule has 5 rings (SSSR count). The Morgan fingerprint density at radius 2 is 1.29 bits per heavy atom. The molecule has 34 heavy (non-hydrogen) atoms. The molecule has 0 bridgehead atoms.